The summed E-state index contributed by atoms with van der Waals surface area (Å²) >= 11 is 0. The van der Waals surface area contributed by atoms with Crippen LogP contribution in [-0.2, 0) is 11.3 Å². The number of hydrogen-bond acceptors (Lipinski definition) is 4. The lowest BCUT2D eigenvalue weighted by Crippen LogP contribution is -2.61. The summed E-state index contributed by atoms with van der Waals surface area (Å²) in [6.45, 7) is 5.98. The number of nitrogens with one attached hydrogen (secondary N) is 2. The van der Waals surface area contributed by atoms with Crippen molar-refractivity contribution in [1.29, 1.82) is 0 Å². The van der Waals surface area contributed by atoms with E-state index in [1.165, 1.54) is 0 Å². The zero-order valence-electron chi connectivity index (χ0n) is 11.7. The van der Waals surface area contributed by atoms with Gasteiger partial charge in [-0.1, -0.05) is 0 Å². The molecule has 0 radical (unpaired) electrons. The second-order valence-electron chi connectivity index (χ2n) is 5.70. The monoisotopic (exact) mass is 273 g/mol. The van der Waals surface area contributed by atoms with Gasteiger partial charge in [0.2, 0.25) is 5.91 Å². The molecule has 0 saturated carbocycles. The van der Waals surface area contributed by atoms with Crippen molar-refractivity contribution in [2.24, 2.45) is 0 Å². The molecule has 1 aliphatic rings. The van der Waals surface area contributed by atoms with E-state index in [-0.39, 0.29) is 5.91 Å². The van der Waals surface area contributed by atoms with Gasteiger partial charge in [0.15, 0.2) is 0 Å². The first-order chi connectivity index (χ1) is 9.46. The van der Waals surface area contributed by atoms with Gasteiger partial charge < -0.3 is 16.0 Å². The maximum atomic E-state index is 11.9. The number of piperazine rings is 1. The van der Waals surface area contributed by atoms with Crippen molar-refractivity contribution < 1.29 is 4.79 Å². The Bertz CT molecular complexity index is 661. The van der Waals surface area contributed by atoms with Crippen molar-refractivity contribution in [3.8, 4) is 0 Å². The zero-order chi connectivity index (χ0) is 14.3. The van der Waals surface area contributed by atoms with Crippen LogP contribution in [0.5, 0.6) is 0 Å². The molecule has 0 spiro atoms. The lowest BCUT2D eigenvalue weighted by atomic mass is 9.99. The van der Waals surface area contributed by atoms with Gasteiger partial charge in [-0.15, -0.1) is 0 Å². The smallest absolute Gasteiger partial charge is 0.240 e. The van der Waals surface area contributed by atoms with E-state index in [1.54, 1.807) is 0 Å². The van der Waals surface area contributed by atoms with Crippen LogP contribution in [0.1, 0.15) is 19.7 Å². The topological polar surface area (TPSA) is 87.0 Å². The molecule has 1 saturated heterocycles. The van der Waals surface area contributed by atoms with Crippen molar-refractivity contribution in [3.05, 3.63) is 24.0 Å². The molecule has 3 rings (SSSR count). The average Bonchev–Trinajstić information content (AvgIpc) is 2.77. The fourth-order valence-corrected chi connectivity index (χ4v) is 2.56. The second-order valence-corrected chi connectivity index (χ2v) is 5.70. The number of anilines is 1. The van der Waals surface area contributed by atoms with Crippen LogP contribution < -0.4 is 11.1 Å². The third-order valence-electron chi connectivity index (χ3n) is 3.91. The Kier molecular flexibility index (Phi) is 2.90. The van der Waals surface area contributed by atoms with Crippen LogP contribution in [-0.4, -0.2) is 39.4 Å². The lowest BCUT2D eigenvalue weighted by Gasteiger charge is -2.40. The molecule has 1 fully saturated rings. The highest BCUT2D eigenvalue weighted by Gasteiger charge is 2.37. The van der Waals surface area contributed by atoms with Crippen LogP contribution in [0.15, 0.2) is 18.2 Å². The van der Waals surface area contributed by atoms with E-state index in [1.807, 2.05) is 32.0 Å². The van der Waals surface area contributed by atoms with Gasteiger partial charge in [0.25, 0.3) is 0 Å². The predicted molar refractivity (Wildman–Crippen MR) is 78.0 cm³/mol. The Morgan fingerprint density at radius 2 is 2.25 bits per heavy atom. The highest BCUT2D eigenvalue weighted by atomic mass is 16.2. The van der Waals surface area contributed by atoms with Crippen molar-refractivity contribution in [1.82, 2.24) is 20.2 Å². The number of nitrogens with zero attached hydrogens (tertiary/aromatic N) is 2. The number of aromatic nitrogens is 2. The predicted octanol–water partition coefficient (Wildman–Crippen LogP) is 0.855. The SMILES string of the molecule is CC1(C)C(=O)NCCN1Cc1nc2ccc(N)cc2[nH]1. The number of carbonyl (C=O) groups excluding carboxylic acids is 1. The van der Waals surface area contributed by atoms with Crippen LogP contribution in [0.4, 0.5) is 5.69 Å². The van der Waals surface area contributed by atoms with E-state index in [0.717, 1.165) is 23.4 Å². The quantitative estimate of drug-likeness (QED) is 0.708. The largest absolute Gasteiger partial charge is 0.399 e. The first-order valence-electron chi connectivity index (χ1n) is 6.74. The van der Waals surface area contributed by atoms with Crippen LogP contribution >= 0.6 is 0 Å². The molecule has 20 heavy (non-hydrogen) atoms. The first kappa shape index (κ1) is 12.9. The van der Waals surface area contributed by atoms with Gasteiger partial charge in [0.05, 0.1) is 23.1 Å². The highest BCUT2D eigenvalue weighted by Crippen LogP contribution is 2.21. The molecule has 4 N–H and O–H groups in total. The van der Waals surface area contributed by atoms with Gasteiger partial charge in [0, 0.05) is 18.8 Å². The molecule has 1 aromatic carbocycles. The normalized spacial score (nSPS) is 19.2. The molecule has 1 amide bonds. The molecular formula is C14H19N5O. The summed E-state index contributed by atoms with van der Waals surface area (Å²) in [7, 11) is 0. The standard InChI is InChI=1S/C14H19N5O/c1-14(2)13(20)16-5-6-19(14)8-12-17-10-4-3-9(15)7-11(10)18-12/h3-4,7H,5-6,8,15H2,1-2H3,(H,16,20)(H,17,18). The summed E-state index contributed by atoms with van der Waals surface area (Å²) in [6.07, 6.45) is 0. The number of amides is 1. The molecule has 1 aliphatic heterocycles. The molecule has 106 valence electrons. The molecular weight excluding hydrogens is 254 g/mol. The number of H-pyrrole nitrogens is 1. The number of aromatic amines is 1. The number of nitrogens with two attached hydrogens (primary N) is 1. The number of imidazole rings is 1. The third-order valence-corrected chi connectivity index (χ3v) is 3.91. The summed E-state index contributed by atoms with van der Waals surface area (Å²) in [6, 6.07) is 5.61. The van der Waals surface area contributed by atoms with Gasteiger partial charge in [0.1, 0.15) is 5.82 Å². The molecule has 2 heterocycles. The summed E-state index contributed by atoms with van der Waals surface area (Å²) in [5.41, 5.74) is 7.79. The summed E-state index contributed by atoms with van der Waals surface area (Å²) in [4.78, 5) is 21.9. The molecule has 0 unspecified atom stereocenters. The molecule has 6 heteroatoms. The average molecular weight is 273 g/mol. The Balaban J connectivity index is 1.87. The molecule has 0 bridgehead atoms. The maximum absolute atomic E-state index is 11.9. The van der Waals surface area contributed by atoms with Crippen molar-refractivity contribution in [2.45, 2.75) is 25.9 Å². The number of benzene rings is 1. The molecule has 6 nitrogen and oxygen atoms in total. The third kappa shape index (κ3) is 2.12. The minimum Gasteiger partial charge on any atom is -0.399 e. The van der Waals surface area contributed by atoms with E-state index in [4.69, 9.17) is 5.73 Å². The van der Waals surface area contributed by atoms with Crippen LogP contribution in [0, 0.1) is 0 Å². The van der Waals surface area contributed by atoms with E-state index in [0.29, 0.717) is 18.8 Å². The summed E-state index contributed by atoms with van der Waals surface area (Å²) in [5.74, 6) is 0.914. The maximum Gasteiger partial charge on any atom is 0.240 e. The fraction of sp³-hybridized carbons (Fsp3) is 0.429. The minimum atomic E-state index is -0.518. The van der Waals surface area contributed by atoms with Crippen molar-refractivity contribution in [3.63, 3.8) is 0 Å². The Hall–Kier alpha value is -2.08. The highest BCUT2D eigenvalue weighted by molar-refractivity contribution is 5.86. The van der Waals surface area contributed by atoms with E-state index < -0.39 is 5.54 Å². The van der Waals surface area contributed by atoms with E-state index in [9.17, 15) is 4.79 Å². The number of fused-ring (bicyclic) bond motifs is 1. The number of rotatable bonds is 2. The molecule has 0 aliphatic carbocycles. The summed E-state index contributed by atoms with van der Waals surface area (Å²) < 4.78 is 0. The van der Waals surface area contributed by atoms with Crippen LogP contribution in [0.2, 0.25) is 0 Å². The van der Waals surface area contributed by atoms with Crippen LogP contribution in [0.3, 0.4) is 0 Å². The van der Waals surface area contributed by atoms with Gasteiger partial charge in [-0.2, -0.15) is 0 Å². The zero-order valence-corrected chi connectivity index (χ0v) is 11.7. The Morgan fingerprint density at radius 3 is 3.05 bits per heavy atom. The fourth-order valence-electron chi connectivity index (χ4n) is 2.56. The van der Waals surface area contributed by atoms with Gasteiger partial charge in [-0.25, -0.2) is 4.98 Å². The molecule has 0 atom stereocenters. The summed E-state index contributed by atoms with van der Waals surface area (Å²) in [5, 5.41) is 2.89. The van der Waals surface area contributed by atoms with E-state index in [2.05, 4.69) is 20.2 Å². The molecule has 2 aromatic rings. The van der Waals surface area contributed by atoms with Crippen molar-refractivity contribution >= 4 is 22.6 Å². The van der Waals surface area contributed by atoms with Crippen molar-refractivity contribution in [2.75, 3.05) is 18.8 Å². The van der Waals surface area contributed by atoms with Crippen LogP contribution in [0.25, 0.3) is 11.0 Å². The second kappa shape index (κ2) is 4.49. The number of nitrogen functional groups attached to an aromatic ring is 1. The van der Waals surface area contributed by atoms with Gasteiger partial charge >= 0.3 is 0 Å². The lowest BCUT2D eigenvalue weighted by molar-refractivity contribution is -0.135. The number of carbonyl (C=O) groups is 1. The molecule has 1 aromatic heterocycles. The van der Waals surface area contributed by atoms with Gasteiger partial charge in [-0.3, -0.25) is 9.69 Å². The van der Waals surface area contributed by atoms with E-state index >= 15 is 0 Å². The first-order valence-corrected chi connectivity index (χ1v) is 6.74. The Labute approximate surface area is 117 Å². The Morgan fingerprint density at radius 1 is 1.45 bits per heavy atom. The number of hydrogen-bond donors (Lipinski definition) is 3. The van der Waals surface area contributed by atoms with Gasteiger partial charge in [-0.05, 0) is 32.0 Å². The minimum absolute atomic E-state index is 0.0594.